The van der Waals surface area contributed by atoms with E-state index in [2.05, 4.69) is 5.32 Å². The van der Waals surface area contributed by atoms with Crippen molar-refractivity contribution in [3.05, 3.63) is 65.1 Å². The van der Waals surface area contributed by atoms with Crippen LogP contribution in [0.3, 0.4) is 0 Å². The van der Waals surface area contributed by atoms with Gasteiger partial charge in [0.2, 0.25) is 5.91 Å². The summed E-state index contributed by atoms with van der Waals surface area (Å²) < 4.78 is 5.36. The monoisotopic (exact) mass is 326 g/mol. The average molecular weight is 326 g/mol. The molecule has 1 N–H and O–H groups in total. The molecule has 2 aromatic rings. The lowest BCUT2D eigenvalue weighted by atomic mass is 10.1. The Kier molecular flexibility index (Phi) is 5.95. The number of rotatable bonds is 6. The van der Waals surface area contributed by atoms with Crippen LogP contribution >= 0.6 is 0 Å². The number of carbonyl (C=O) groups excluding carboxylic acids is 2. The van der Waals surface area contributed by atoms with Crippen molar-refractivity contribution in [1.82, 2.24) is 10.2 Å². The van der Waals surface area contributed by atoms with Gasteiger partial charge in [0.25, 0.3) is 5.91 Å². The fraction of sp³-hybridized carbons (Fsp3) is 0.263. The number of aryl methyl sites for hydroxylation is 1. The summed E-state index contributed by atoms with van der Waals surface area (Å²) in [4.78, 5) is 25.3. The molecule has 1 heterocycles. The van der Waals surface area contributed by atoms with Gasteiger partial charge in [-0.25, -0.2) is 0 Å². The largest absolute Gasteiger partial charge is 0.462 e. The van der Waals surface area contributed by atoms with E-state index in [1.54, 1.807) is 31.1 Å². The van der Waals surface area contributed by atoms with Crippen LogP contribution in [-0.2, 0) is 11.2 Å². The molecular weight excluding hydrogens is 304 g/mol. The molecule has 0 saturated heterocycles. The van der Waals surface area contributed by atoms with Crippen LogP contribution in [0, 0.1) is 6.92 Å². The summed E-state index contributed by atoms with van der Waals surface area (Å²) in [6.45, 7) is 2.35. The topological polar surface area (TPSA) is 62.6 Å². The second-order valence-corrected chi connectivity index (χ2v) is 5.72. The zero-order valence-corrected chi connectivity index (χ0v) is 14.2. The third kappa shape index (κ3) is 5.12. The van der Waals surface area contributed by atoms with E-state index in [-0.39, 0.29) is 11.8 Å². The molecule has 1 aromatic carbocycles. The van der Waals surface area contributed by atoms with Crippen LogP contribution in [0.5, 0.6) is 0 Å². The number of nitrogens with one attached hydrogen (secondary N) is 1. The SMILES string of the molecule is Cc1ccc(/C=C/C(=O)NCCc2cccc(C(=O)N(C)C)c2)o1. The molecule has 0 unspecified atom stereocenters. The molecule has 1 aromatic heterocycles. The maximum Gasteiger partial charge on any atom is 0.253 e. The van der Waals surface area contributed by atoms with E-state index in [0.29, 0.717) is 24.3 Å². The number of nitrogens with zero attached hydrogens (tertiary/aromatic N) is 1. The molecule has 0 aliphatic rings. The van der Waals surface area contributed by atoms with Gasteiger partial charge in [-0.15, -0.1) is 0 Å². The summed E-state index contributed by atoms with van der Waals surface area (Å²) in [6, 6.07) is 11.1. The van der Waals surface area contributed by atoms with E-state index in [1.807, 2.05) is 37.3 Å². The molecule has 2 rings (SSSR count). The van der Waals surface area contributed by atoms with Crippen molar-refractivity contribution in [2.45, 2.75) is 13.3 Å². The van der Waals surface area contributed by atoms with E-state index in [9.17, 15) is 9.59 Å². The highest BCUT2D eigenvalue weighted by Crippen LogP contribution is 2.09. The van der Waals surface area contributed by atoms with E-state index >= 15 is 0 Å². The first-order chi connectivity index (χ1) is 11.5. The summed E-state index contributed by atoms with van der Waals surface area (Å²) in [5.74, 6) is 1.25. The highest BCUT2D eigenvalue weighted by atomic mass is 16.3. The highest BCUT2D eigenvalue weighted by Gasteiger charge is 2.08. The van der Waals surface area contributed by atoms with E-state index in [0.717, 1.165) is 11.3 Å². The molecule has 5 heteroatoms. The number of benzene rings is 1. The van der Waals surface area contributed by atoms with Gasteiger partial charge in [-0.3, -0.25) is 9.59 Å². The van der Waals surface area contributed by atoms with Crippen molar-refractivity contribution >= 4 is 17.9 Å². The number of furan rings is 1. The number of hydrogen-bond acceptors (Lipinski definition) is 3. The molecular formula is C19H22N2O3. The van der Waals surface area contributed by atoms with Gasteiger partial charge in [0.05, 0.1) is 0 Å². The number of hydrogen-bond donors (Lipinski definition) is 1. The van der Waals surface area contributed by atoms with Gasteiger partial charge in [-0.2, -0.15) is 0 Å². The Hall–Kier alpha value is -2.82. The van der Waals surface area contributed by atoms with Crippen LogP contribution in [0.15, 0.2) is 46.9 Å². The number of amides is 2. The van der Waals surface area contributed by atoms with Crippen LogP contribution in [0.1, 0.15) is 27.4 Å². The van der Waals surface area contributed by atoms with Crippen molar-refractivity contribution in [2.24, 2.45) is 0 Å². The predicted octanol–water partition coefficient (Wildman–Crippen LogP) is 2.66. The van der Waals surface area contributed by atoms with Gasteiger partial charge < -0.3 is 14.6 Å². The van der Waals surface area contributed by atoms with Crippen LogP contribution in [0.25, 0.3) is 6.08 Å². The molecule has 24 heavy (non-hydrogen) atoms. The maximum atomic E-state index is 11.9. The third-order valence-corrected chi connectivity index (χ3v) is 3.45. The summed E-state index contributed by atoms with van der Waals surface area (Å²) in [5.41, 5.74) is 1.66. The van der Waals surface area contributed by atoms with Gasteiger partial charge in [0.15, 0.2) is 0 Å². The van der Waals surface area contributed by atoms with Gasteiger partial charge in [-0.1, -0.05) is 12.1 Å². The standard InChI is InChI=1S/C19H22N2O3/c1-14-7-8-17(24-14)9-10-18(22)20-12-11-15-5-4-6-16(13-15)19(23)21(2)3/h4-10,13H,11-12H2,1-3H3,(H,20,22)/b10-9+. The fourth-order valence-corrected chi connectivity index (χ4v) is 2.21. The van der Waals surface area contributed by atoms with Gasteiger partial charge in [-0.05, 0) is 49.2 Å². The normalized spacial score (nSPS) is 10.8. The van der Waals surface area contributed by atoms with Gasteiger partial charge in [0, 0.05) is 32.3 Å². The third-order valence-electron chi connectivity index (χ3n) is 3.45. The molecule has 0 radical (unpaired) electrons. The van der Waals surface area contributed by atoms with Crippen molar-refractivity contribution in [3.8, 4) is 0 Å². The quantitative estimate of drug-likeness (QED) is 0.830. The average Bonchev–Trinajstić information content (AvgIpc) is 2.98. The minimum absolute atomic E-state index is 0.0300. The van der Waals surface area contributed by atoms with Crippen molar-refractivity contribution in [3.63, 3.8) is 0 Å². The Bertz CT molecular complexity index is 745. The van der Waals surface area contributed by atoms with Crippen LogP contribution < -0.4 is 5.32 Å². The molecule has 2 amide bonds. The van der Waals surface area contributed by atoms with Gasteiger partial charge in [0.1, 0.15) is 11.5 Å². The predicted molar refractivity (Wildman–Crippen MR) is 93.7 cm³/mol. The molecule has 0 bridgehead atoms. The van der Waals surface area contributed by atoms with Crippen molar-refractivity contribution < 1.29 is 14.0 Å². The molecule has 0 aliphatic carbocycles. The van der Waals surface area contributed by atoms with E-state index < -0.39 is 0 Å². The van der Waals surface area contributed by atoms with Crippen molar-refractivity contribution in [2.75, 3.05) is 20.6 Å². The van der Waals surface area contributed by atoms with E-state index in [1.165, 1.54) is 6.08 Å². The lowest BCUT2D eigenvalue weighted by Gasteiger charge is -2.11. The second-order valence-electron chi connectivity index (χ2n) is 5.72. The highest BCUT2D eigenvalue weighted by molar-refractivity contribution is 5.94. The second kappa shape index (κ2) is 8.15. The molecule has 0 atom stereocenters. The van der Waals surface area contributed by atoms with Crippen LogP contribution in [0.4, 0.5) is 0 Å². The Morgan fingerprint density at radius 3 is 2.67 bits per heavy atom. The Balaban J connectivity index is 1.83. The molecule has 126 valence electrons. The summed E-state index contributed by atoms with van der Waals surface area (Å²) in [5, 5.41) is 2.82. The van der Waals surface area contributed by atoms with Crippen LogP contribution in [0.2, 0.25) is 0 Å². The minimum Gasteiger partial charge on any atom is -0.462 e. The Labute approximate surface area is 142 Å². The summed E-state index contributed by atoms with van der Waals surface area (Å²) >= 11 is 0. The first kappa shape index (κ1) is 17.5. The van der Waals surface area contributed by atoms with Crippen molar-refractivity contribution in [1.29, 1.82) is 0 Å². The molecule has 0 saturated carbocycles. The first-order valence-corrected chi connectivity index (χ1v) is 7.78. The number of carbonyl (C=O) groups is 2. The van der Waals surface area contributed by atoms with E-state index in [4.69, 9.17) is 4.42 Å². The Morgan fingerprint density at radius 1 is 1.21 bits per heavy atom. The van der Waals surface area contributed by atoms with Gasteiger partial charge >= 0.3 is 0 Å². The molecule has 0 spiro atoms. The fourth-order valence-electron chi connectivity index (χ4n) is 2.21. The summed E-state index contributed by atoms with van der Waals surface area (Å²) in [7, 11) is 3.45. The summed E-state index contributed by atoms with van der Waals surface area (Å²) in [6.07, 6.45) is 3.75. The smallest absolute Gasteiger partial charge is 0.253 e. The lowest BCUT2D eigenvalue weighted by molar-refractivity contribution is -0.116. The minimum atomic E-state index is -0.176. The lowest BCUT2D eigenvalue weighted by Crippen LogP contribution is -2.24. The maximum absolute atomic E-state index is 11.9. The molecule has 0 fully saturated rings. The molecule has 5 nitrogen and oxygen atoms in total. The first-order valence-electron chi connectivity index (χ1n) is 7.78. The zero-order valence-electron chi connectivity index (χ0n) is 14.2. The zero-order chi connectivity index (χ0) is 17.5. The Morgan fingerprint density at radius 2 is 2.00 bits per heavy atom. The van der Waals surface area contributed by atoms with Crippen LogP contribution in [-0.4, -0.2) is 37.4 Å². The molecule has 0 aliphatic heterocycles.